The minimum absolute atomic E-state index is 0.814. The Bertz CT molecular complexity index is 633. The Morgan fingerprint density at radius 3 is 2.75 bits per heavy atom. The molecule has 0 aliphatic carbocycles. The number of rotatable bonds is 1. The SMILES string of the molecule is Brc1cnn2ccc(-c3ccncc3)nc12. The van der Waals surface area contributed by atoms with Crippen LogP contribution < -0.4 is 0 Å². The molecule has 0 N–H and O–H groups in total. The lowest BCUT2D eigenvalue weighted by Gasteiger charge is -2.00. The molecule has 0 bridgehead atoms. The third-order valence-electron chi connectivity index (χ3n) is 2.30. The van der Waals surface area contributed by atoms with Gasteiger partial charge >= 0.3 is 0 Å². The van der Waals surface area contributed by atoms with Gasteiger partial charge in [-0.25, -0.2) is 9.50 Å². The molecule has 0 unspecified atom stereocenters. The molecule has 4 nitrogen and oxygen atoms in total. The number of hydrogen-bond donors (Lipinski definition) is 0. The Labute approximate surface area is 100 Å². The second kappa shape index (κ2) is 3.68. The molecule has 0 aliphatic rings. The van der Waals surface area contributed by atoms with Gasteiger partial charge in [0.05, 0.1) is 16.4 Å². The van der Waals surface area contributed by atoms with Crippen LogP contribution in [0.5, 0.6) is 0 Å². The Kier molecular flexibility index (Phi) is 2.18. The summed E-state index contributed by atoms with van der Waals surface area (Å²) < 4.78 is 2.62. The standard InChI is InChI=1S/C11H7BrN4/c12-9-7-14-16-6-3-10(15-11(9)16)8-1-4-13-5-2-8/h1-7H. The molecule has 0 saturated heterocycles. The summed E-state index contributed by atoms with van der Waals surface area (Å²) in [6, 6.07) is 5.80. The first-order valence-corrected chi connectivity index (χ1v) is 5.54. The highest BCUT2D eigenvalue weighted by atomic mass is 79.9. The van der Waals surface area contributed by atoms with Crippen LogP contribution in [0.2, 0.25) is 0 Å². The minimum atomic E-state index is 0.814. The monoisotopic (exact) mass is 274 g/mol. The van der Waals surface area contributed by atoms with Gasteiger partial charge < -0.3 is 0 Å². The highest BCUT2D eigenvalue weighted by Crippen LogP contribution is 2.20. The van der Waals surface area contributed by atoms with Crippen molar-refractivity contribution in [3.05, 3.63) is 47.5 Å². The highest BCUT2D eigenvalue weighted by molar-refractivity contribution is 9.10. The fraction of sp³-hybridized carbons (Fsp3) is 0. The number of aromatic nitrogens is 4. The van der Waals surface area contributed by atoms with E-state index in [4.69, 9.17) is 0 Å². The van der Waals surface area contributed by atoms with E-state index < -0.39 is 0 Å². The third kappa shape index (κ3) is 1.49. The molecule has 0 saturated carbocycles. The molecule has 16 heavy (non-hydrogen) atoms. The lowest BCUT2D eigenvalue weighted by atomic mass is 10.2. The zero-order chi connectivity index (χ0) is 11.0. The first-order valence-electron chi connectivity index (χ1n) is 4.75. The molecule has 0 atom stereocenters. The van der Waals surface area contributed by atoms with Crippen molar-refractivity contribution < 1.29 is 0 Å². The van der Waals surface area contributed by atoms with E-state index in [-0.39, 0.29) is 0 Å². The zero-order valence-electron chi connectivity index (χ0n) is 8.21. The van der Waals surface area contributed by atoms with Gasteiger partial charge in [0, 0.05) is 24.2 Å². The molecule has 5 heteroatoms. The van der Waals surface area contributed by atoms with Crippen LogP contribution in [-0.4, -0.2) is 19.6 Å². The molecule has 0 fully saturated rings. The summed E-state index contributed by atoms with van der Waals surface area (Å²) in [6.07, 6.45) is 7.14. The molecule has 3 aromatic heterocycles. The van der Waals surface area contributed by atoms with Crippen molar-refractivity contribution in [2.24, 2.45) is 0 Å². The summed E-state index contributed by atoms with van der Waals surface area (Å²) in [7, 11) is 0. The van der Waals surface area contributed by atoms with Crippen molar-refractivity contribution in [3.63, 3.8) is 0 Å². The van der Waals surface area contributed by atoms with Crippen LogP contribution in [0.3, 0.4) is 0 Å². The van der Waals surface area contributed by atoms with Gasteiger partial charge in [-0.1, -0.05) is 0 Å². The Morgan fingerprint density at radius 2 is 1.94 bits per heavy atom. The first-order chi connectivity index (χ1) is 7.84. The molecule has 3 aromatic rings. The average Bonchev–Trinajstić information content (AvgIpc) is 2.72. The quantitative estimate of drug-likeness (QED) is 0.685. The van der Waals surface area contributed by atoms with Gasteiger partial charge in [0.1, 0.15) is 0 Å². The van der Waals surface area contributed by atoms with Crippen molar-refractivity contribution in [1.82, 2.24) is 19.6 Å². The van der Waals surface area contributed by atoms with Crippen LogP contribution >= 0.6 is 15.9 Å². The van der Waals surface area contributed by atoms with Gasteiger partial charge in [-0.15, -0.1) is 0 Å². The van der Waals surface area contributed by atoms with Gasteiger partial charge in [0.2, 0.25) is 0 Å². The molecular weight excluding hydrogens is 268 g/mol. The van der Waals surface area contributed by atoms with Crippen LogP contribution in [0, 0.1) is 0 Å². The van der Waals surface area contributed by atoms with Crippen molar-refractivity contribution >= 4 is 21.6 Å². The van der Waals surface area contributed by atoms with Crippen molar-refractivity contribution in [3.8, 4) is 11.3 Å². The van der Waals surface area contributed by atoms with E-state index >= 15 is 0 Å². The van der Waals surface area contributed by atoms with Crippen molar-refractivity contribution in [1.29, 1.82) is 0 Å². The zero-order valence-corrected chi connectivity index (χ0v) is 9.79. The maximum atomic E-state index is 4.53. The van der Waals surface area contributed by atoms with Gasteiger partial charge in [-0.05, 0) is 34.1 Å². The fourth-order valence-corrected chi connectivity index (χ4v) is 1.89. The van der Waals surface area contributed by atoms with E-state index in [2.05, 4.69) is 31.0 Å². The summed E-state index contributed by atoms with van der Waals surface area (Å²) in [5.41, 5.74) is 2.77. The first kappa shape index (κ1) is 9.47. The van der Waals surface area contributed by atoms with Gasteiger partial charge in [0.15, 0.2) is 5.65 Å². The molecule has 0 amide bonds. The summed E-state index contributed by atoms with van der Waals surface area (Å²) in [5.74, 6) is 0. The normalized spacial score (nSPS) is 10.8. The van der Waals surface area contributed by atoms with Crippen LogP contribution in [0.4, 0.5) is 0 Å². The molecular formula is C11H7BrN4. The van der Waals surface area contributed by atoms with E-state index in [1.54, 1.807) is 23.1 Å². The molecule has 3 rings (SSSR count). The third-order valence-corrected chi connectivity index (χ3v) is 2.86. The van der Waals surface area contributed by atoms with Crippen LogP contribution in [-0.2, 0) is 0 Å². The topological polar surface area (TPSA) is 43.1 Å². The van der Waals surface area contributed by atoms with E-state index in [1.165, 1.54) is 0 Å². The lowest BCUT2D eigenvalue weighted by Crippen LogP contribution is -1.91. The van der Waals surface area contributed by atoms with Crippen molar-refractivity contribution in [2.45, 2.75) is 0 Å². The maximum absolute atomic E-state index is 4.53. The second-order valence-corrected chi connectivity index (χ2v) is 4.16. The Balaban J connectivity index is 2.22. The molecule has 0 spiro atoms. The second-order valence-electron chi connectivity index (χ2n) is 3.31. The molecule has 0 radical (unpaired) electrons. The predicted octanol–water partition coefficient (Wildman–Crippen LogP) is 2.55. The summed E-state index contributed by atoms with van der Waals surface area (Å²) >= 11 is 3.42. The highest BCUT2D eigenvalue weighted by Gasteiger charge is 2.04. The predicted molar refractivity (Wildman–Crippen MR) is 63.9 cm³/mol. The molecule has 78 valence electrons. The van der Waals surface area contributed by atoms with E-state index in [0.717, 1.165) is 21.4 Å². The van der Waals surface area contributed by atoms with Gasteiger partial charge in [-0.3, -0.25) is 4.98 Å². The van der Waals surface area contributed by atoms with E-state index in [1.807, 2.05) is 24.4 Å². The van der Waals surface area contributed by atoms with E-state index in [0.29, 0.717) is 0 Å². The largest absolute Gasteiger partial charge is 0.265 e. The Morgan fingerprint density at radius 1 is 1.12 bits per heavy atom. The number of fused-ring (bicyclic) bond motifs is 1. The number of pyridine rings is 1. The molecule has 0 aliphatic heterocycles. The smallest absolute Gasteiger partial charge is 0.169 e. The summed E-state index contributed by atoms with van der Waals surface area (Å²) in [5, 5.41) is 4.15. The fourth-order valence-electron chi connectivity index (χ4n) is 1.52. The number of halogens is 1. The Hall–Kier alpha value is -1.75. The van der Waals surface area contributed by atoms with Gasteiger partial charge in [-0.2, -0.15) is 5.10 Å². The maximum Gasteiger partial charge on any atom is 0.169 e. The summed E-state index contributed by atoms with van der Waals surface area (Å²) in [4.78, 5) is 8.52. The van der Waals surface area contributed by atoms with Crippen LogP contribution in [0.15, 0.2) is 47.5 Å². The lowest BCUT2D eigenvalue weighted by molar-refractivity contribution is 0.941. The average molecular weight is 275 g/mol. The number of nitrogens with zero attached hydrogens (tertiary/aromatic N) is 4. The van der Waals surface area contributed by atoms with Gasteiger partial charge in [0.25, 0.3) is 0 Å². The van der Waals surface area contributed by atoms with Crippen LogP contribution in [0.1, 0.15) is 0 Å². The minimum Gasteiger partial charge on any atom is -0.265 e. The molecule has 0 aromatic carbocycles. The number of hydrogen-bond acceptors (Lipinski definition) is 3. The summed E-state index contributed by atoms with van der Waals surface area (Å²) in [6.45, 7) is 0. The van der Waals surface area contributed by atoms with Crippen molar-refractivity contribution in [2.75, 3.05) is 0 Å². The van der Waals surface area contributed by atoms with Crippen LogP contribution in [0.25, 0.3) is 16.9 Å². The molecule has 3 heterocycles. The van der Waals surface area contributed by atoms with E-state index in [9.17, 15) is 0 Å².